The van der Waals surface area contributed by atoms with E-state index in [-0.39, 0.29) is 5.91 Å². The summed E-state index contributed by atoms with van der Waals surface area (Å²) < 4.78 is 0. The van der Waals surface area contributed by atoms with E-state index < -0.39 is 0 Å². The van der Waals surface area contributed by atoms with E-state index in [0.717, 1.165) is 25.9 Å². The third kappa shape index (κ3) is 8.99. The third-order valence-electron chi connectivity index (χ3n) is 1.35. The summed E-state index contributed by atoms with van der Waals surface area (Å²) in [5.41, 5.74) is 0. The van der Waals surface area contributed by atoms with Crippen molar-refractivity contribution in [2.75, 3.05) is 19.6 Å². The number of amides is 1. The van der Waals surface area contributed by atoms with Crippen molar-refractivity contribution in [3.05, 3.63) is 0 Å². The van der Waals surface area contributed by atoms with Gasteiger partial charge in [0.05, 0.1) is 0 Å². The Morgan fingerprint density at radius 3 is 2.75 bits per heavy atom. The average Bonchev–Trinajstić information content (AvgIpc) is 2.02. The molecule has 0 aromatic carbocycles. The highest BCUT2D eigenvalue weighted by Gasteiger charge is 1.89. The fourth-order valence-electron chi connectivity index (χ4n) is 0.767. The molecule has 3 heteroatoms. The summed E-state index contributed by atoms with van der Waals surface area (Å²) in [6.45, 7) is 3.93. The number of carbonyl (C=O) groups excluding carboxylic acids is 1. The van der Waals surface area contributed by atoms with Gasteiger partial charge in [-0.25, -0.2) is 0 Å². The monoisotopic (exact) mass is 168 g/mol. The lowest BCUT2D eigenvalue weighted by molar-refractivity contribution is -0.118. The van der Waals surface area contributed by atoms with Gasteiger partial charge >= 0.3 is 0 Å². The normalized spacial score (nSPS) is 9.00. The summed E-state index contributed by atoms with van der Waals surface area (Å²) in [4.78, 5) is 10.4. The van der Waals surface area contributed by atoms with E-state index >= 15 is 0 Å². The van der Waals surface area contributed by atoms with E-state index in [1.807, 2.05) is 0 Å². The van der Waals surface area contributed by atoms with Crippen LogP contribution in [0.3, 0.4) is 0 Å². The standard InChI is InChI=1S/C9H16N2O/c1-3-4-5-6-10-7-8-11-9(2)12/h1,10H,4-8H2,2H3,(H,11,12). The maximum absolute atomic E-state index is 10.4. The summed E-state index contributed by atoms with van der Waals surface area (Å²) in [5, 5.41) is 5.86. The van der Waals surface area contributed by atoms with Crippen LogP contribution < -0.4 is 10.6 Å². The predicted octanol–water partition coefficient (Wildman–Crippen LogP) is 0.125. The maximum Gasteiger partial charge on any atom is 0.216 e. The van der Waals surface area contributed by atoms with Crippen molar-refractivity contribution in [2.24, 2.45) is 0 Å². The van der Waals surface area contributed by atoms with Crippen molar-refractivity contribution in [1.82, 2.24) is 10.6 Å². The molecule has 0 aromatic heterocycles. The van der Waals surface area contributed by atoms with Crippen molar-refractivity contribution in [2.45, 2.75) is 19.8 Å². The Hall–Kier alpha value is -1.01. The molecule has 0 heterocycles. The molecular weight excluding hydrogens is 152 g/mol. The van der Waals surface area contributed by atoms with Crippen LogP contribution in [0.25, 0.3) is 0 Å². The topological polar surface area (TPSA) is 41.1 Å². The number of carbonyl (C=O) groups is 1. The molecule has 0 radical (unpaired) electrons. The van der Waals surface area contributed by atoms with Crippen molar-refractivity contribution in [3.8, 4) is 12.3 Å². The van der Waals surface area contributed by atoms with Crippen LogP contribution in [0.1, 0.15) is 19.8 Å². The SMILES string of the molecule is C#CCCCNCCNC(C)=O. The Kier molecular flexibility index (Phi) is 7.41. The molecular formula is C9H16N2O. The van der Waals surface area contributed by atoms with Gasteiger partial charge in [-0.1, -0.05) is 0 Å². The number of hydrogen-bond donors (Lipinski definition) is 2. The zero-order valence-electron chi connectivity index (χ0n) is 7.52. The first-order valence-electron chi connectivity index (χ1n) is 4.16. The van der Waals surface area contributed by atoms with E-state index in [4.69, 9.17) is 6.42 Å². The van der Waals surface area contributed by atoms with Gasteiger partial charge in [0.1, 0.15) is 0 Å². The number of terminal acetylenes is 1. The number of hydrogen-bond acceptors (Lipinski definition) is 2. The zero-order chi connectivity index (χ0) is 9.23. The van der Waals surface area contributed by atoms with Gasteiger partial charge in [-0.05, 0) is 13.0 Å². The first-order chi connectivity index (χ1) is 5.77. The van der Waals surface area contributed by atoms with E-state index in [0.29, 0.717) is 6.54 Å². The quantitative estimate of drug-likeness (QED) is 0.437. The lowest BCUT2D eigenvalue weighted by atomic mass is 10.3. The van der Waals surface area contributed by atoms with Gasteiger partial charge in [0.15, 0.2) is 0 Å². The first-order valence-corrected chi connectivity index (χ1v) is 4.16. The lowest BCUT2D eigenvalue weighted by Gasteiger charge is -2.03. The second-order valence-electron chi connectivity index (χ2n) is 2.54. The molecule has 68 valence electrons. The number of unbranched alkanes of at least 4 members (excludes halogenated alkanes) is 1. The molecule has 0 aliphatic carbocycles. The average molecular weight is 168 g/mol. The van der Waals surface area contributed by atoms with Crippen molar-refractivity contribution >= 4 is 5.91 Å². The van der Waals surface area contributed by atoms with Gasteiger partial charge in [0.2, 0.25) is 5.91 Å². The van der Waals surface area contributed by atoms with Crippen LogP contribution in [0.4, 0.5) is 0 Å². The van der Waals surface area contributed by atoms with Crippen molar-refractivity contribution < 1.29 is 4.79 Å². The van der Waals surface area contributed by atoms with E-state index in [1.54, 1.807) is 0 Å². The van der Waals surface area contributed by atoms with E-state index in [2.05, 4.69) is 16.6 Å². The van der Waals surface area contributed by atoms with Crippen LogP contribution in [-0.2, 0) is 4.79 Å². The molecule has 1 amide bonds. The molecule has 0 bridgehead atoms. The van der Waals surface area contributed by atoms with Crippen LogP contribution in [0.5, 0.6) is 0 Å². The smallest absolute Gasteiger partial charge is 0.216 e. The minimum atomic E-state index is 0.0143. The molecule has 12 heavy (non-hydrogen) atoms. The maximum atomic E-state index is 10.4. The van der Waals surface area contributed by atoms with Gasteiger partial charge in [0, 0.05) is 26.4 Å². The van der Waals surface area contributed by atoms with Crippen molar-refractivity contribution in [1.29, 1.82) is 0 Å². The summed E-state index contributed by atoms with van der Waals surface area (Å²) >= 11 is 0. The van der Waals surface area contributed by atoms with Crippen LogP contribution in [0.15, 0.2) is 0 Å². The van der Waals surface area contributed by atoms with E-state index in [1.165, 1.54) is 6.92 Å². The van der Waals surface area contributed by atoms with Gasteiger partial charge < -0.3 is 10.6 Å². The molecule has 0 spiro atoms. The molecule has 0 rings (SSSR count). The molecule has 0 unspecified atom stereocenters. The lowest BCUT2D eigenvalue weighted by Crippen LogP contribution is -2.30. The second kappa shape index (κ2) is 8.09. The molecule has 0 aliphatic rings. The Bertz CT molecular complexity index is 160. The minimum absolute atomic E-state index is 0.0143. The predicted molar refractivity (Wildman–Crippen MR) is 49.6 cm³/mol. The Morgan fingerprint density at radius 2 is 2.17 bits per heavy atom. The fourth-order valence-corrected chi connectivity index (χ4v) is 0.767. The Balaban J connectivity index is 2.92. The van der Waals surface area contributed by atoms with Crippen LogP contribution >= 0.6 is 0 Å². The van der Waals surface area contributed by atoms with E-state index in [9.17, 15) is 4.79 Å². The highest BCUT2D eigenvalue weighted by Crippen LogP contribution is 1.81. The van der Waals surface area contributed by atoms with Crippen molar-refractivity contribution in [3.63, 3.8) is 0 Å². The van der Waals surface area contributed by atoms with Crippen LogP contribution in [0, 0.1) is 12.3 Å². The van der Waals surface area contributed by atoms with Crippen LogP contribution in [-0.4, -0.2) is 25.5 Å². The van der Waals surface area contributed by atoms with Gasteiger partial charge in [0.25, 0.3) is 0 Å². The largest absolute Gasteiger partial charge is 0.355 e. The molecule has 3 nitrogen and oxygen atoms in total. The number of nitrogens with one attached hydrogen (secondary N) is 2. The fraction of sp³-hybridized carbons (Fsp3) is 0.667. The van der Waals surface area contributed by atoms with Gasteiger partial charge in [-0.3, -0.25) is 4.79 Å². The highest BCUT2D eigenvalue weighted by atomic mass is 16.1. The Morgan fingerprint density at radius 1 is 1.42 bits per heavy atom. The first kappa shape index (κ1) is 11.0. The summed E-state index contributed by atoms with van der Waals surface area (Å²) in [5.74, 6) is 2.58. The molecule has 0 atom stereocenters. The summed E-state index contributed by atoms with van der Waals surface area (Å²) in [6.07, 6.45) is 6.88. The summed E-state index contributed by atoms with van der Waals surface area (Å²) in [6, 6.07) is 0. The Labute approximate surface area is 73.9 Å². The van der Waals surface area contributed by atoms with Crippen LogP contribution in [0.2, 0.25) is 0 Å². The van der Waals surface area contributed by atoms with Gasteiger partial charge in [-0.15, -0.1) is 12.3 Å². The molecule has 0 aromatic rings. The number of rotatable bonds is 6. The molecule has 0 saturated heterocycles. The second-order valence-corrected chi connectivity index (χ2v) is 2.54. The minimum Gasteiger partial charge on any atom is -0.355 e. The highest BCUT2D eigenvalue weighted by molar-refractivity contribution is 5.72. The molecule has 2 N–H and O–H groups in total. The third-order valence-corrected chi connectivity index (χ3v) is 1.35. The summed E-state index contributed by atoms with van der Waals surface area (Å²) in [7, 11) is 0. The molecule has 0 aliphatic heterocycles. The molecule has 0 saturated carbocycles. The van der Waals surface area contributed by atoms with Gasteiger partial charge in [-0.2, -0.15) is 0 Å². The molecule has 0 fully saturated rings. The zero-order valence-corrected chi connectivity index (χ0v) is 7.52.